The summed E-state index contributed by atoms with van der Waals surface area (Å²) in [5.74, 6) is 0. The van der Waals surface area contributed by atoms with Crippen LogP contribution in [0.1, 0.15) is 0 Å². The van der Waals surface area contributed by atoms with Crippen molar-refractivity contribution in [2.24, 2.45) is 0 Å². The summed E-state index contributed by atoms with van der Waals surface area (Å²) in [5, 5.41) is 7.27. The van der Waals surface area contributed by atoms with Crippen LogP contribution in [0.4, 0.5) is 0 Å². The Morgan fingerprint density at radius 2 is 1.60 bits per heavy atom. The van der Waals surface area contributed by atoms with Gasteiger partial charge in [-0.05, 0) is 5.21 Å². The summed E-state index contributed by atoms with van der Waals surface area (Å²) in [6.45, 7) is 0. The van der Waals surface area contributed by atoms with E-state index >= 15 is 0 Å². The minimum absolute atomic E-state index is 0. The van der Waals surface area contributed by atoms with Crippen molar-refractivity contribution in [3.63, 3.8) is 0 Å². The molecule has 86 valence electrons. The maximum absolute atomic E-state index is 10.6. The van der Waals surface area contributed by atoms with Gasteiger partial charge in [0.1, 0.15) is 0 Å². The molecule has 0 aliphatic rings. The molecule has 0 fully saturated rings. The number of rotatable bonds is 2. The Morgan fingerprint density at radius 1 is 1.07 bits per heavy atom. The minimum Gasteiger partial charge on any atom is -0.412 e. The Kier molecular flexibility index (Phi) is 3.78. The topological polar surface area (TPSA) is 179 Å². The predicted molar refractivity (Wildman–Crippen MR) is 43.1 cm³/mol. The van der Waals surface area contributed by atoms with Gasteiger partial charge in [0.25, 0.3) is 10.1 Å². The van der Waals surface area contributed by atoms with Gasteiger partial charge < -0.3 is 5.48 Å². The molecule has 0 bridgehead atoms. The highest BCUT2D eigenvalue weighted by molar-refractivity contribution is 7.89. The molecule has 1 rings (SSSR count). The Labute approximate surface area is 83.8 Å². The second-order valence-corrected chi connectivity index (χ2v) is 4.78. The molecule has 15 heavy (non-hydrogen) atoms. The van der Waals surface area contributed by atoms with E-state index in [4.69, 9.17) is 9.11 Å². The van der Waals surface area contributed by atoms with Crippen LogP contribution in [0.2, 0.25) is 0 Å². The van der Waals surface area contributed by atoms with E-state index in [1.54, 1.807) is 0 Å². The van der Waals surface area contributed by atoms with Gasteiger partial charge in [0.05, 0.1) is 6.20 Å². The van der Waals surface area contributed by atoms with Crippen LogP contribution >= 0.6 is 0 Å². The lowest BCUT2D eigenvalue weighted by Gasteiger charge is -1.99. The average Bonchev–Trinajstić information content (AvgIpc) is 2.01. The van der Waals surface area contributed by atoms with Crippen LogP contribution in [-0.2, 0) is 20.2 Å². The molecule has 0 unspecified atom stereocenters. The second kappa shape index (κ2) is 4.11. The van der Waals surface area contributed by atoms with Crippen LogP contribution in [0.25, 0.3) is 0 Å². The highest BCUT2D eigenvalue weighted by Crippen LogP contribution is 2.14. The number of hydrogen-bond donors (Lipinski definition) is 2. The molecule has 0 atom stereocenters. The van der Waals surface area contributed by atoms with Crippen LogP contribution in [0.5, 0.6) is 0 Å². The largest absolute Gasteiger partial charge is 0.412 e. The molecule has 0 aromatic carbocycles. The van der Waals surface area contributed by atoms with E-state index in [1.165, 1.54) is 0 Å². The minimum atomic E-state index is -4.87. The fourth-order valence-electron chi connectivity index (χ4n) is 0.605. The van der Waals surface area contributed by atoms with Gasteiger partial charge >= 0.3 is 10.1 Å². The summed E-state index contributed by atoms with van der Waals surface area (Å²) in [5.41, 5.74) is 0. The molecule has 0 amide bonds. The zero-order valence-corrected chi connectivity index (χ0v) is 8.40. The van der Waals surface area contributed by atoms with Crippen LogP contribution in [0.3, 0.4) is 0 Å². The highest BCUT2D eigenvalue weighted by atomic mass is 32.2. The number of hydrogen-bond acceptors (Lipinski definition) is 7. The zero-order chi connectivity index (χ0) is 11.0. The van der Waals surface area contributed by atoms with Crippen molar-refractivity contribution >= 4 is 20.2 Å². The molecule has 12 heteroatoms. The predicted octanol–water partition coefficient (Wildman–Crippen LogP) is -2.46. The molecule has 0 aliphatic carbocycles. The number of aromatic nitrogens is 3. The van der Waals surface area contributed by atoms with E-state index in [-0.39, 0.29) is 5.48 Å². The first-order valence-corrected chi connectivity index (χ1v) is 5.74. The second-order valence-electron chi connectivity index (χ2n) is 2.05. The third-order valence-corrected chi connectivity index (χ3v) is 2.87. The Bertz CT molecular complexity index is 498. The van der Waals surface area contributed by atoms with E-state index in [0.717, 1.165) is 0 Å². The lowest BCUT2D eigenvalue weighted by atomic mass is 10.7. The third kappa shape index (κ3) is 3.14. The van der Waals surface area contributed by atoms with Gasteiger partial charge in [0.2, 0.25) is 5.03 Å². The van der Waals surface area contributed by atoms with E-state index in [1.807, 2.05) is 0 Å². The van der Waals surface area contributed by atoms with Crippen molar-refractivity contribution < 1.29 is 31.4 Å². The fourth-order valence-corrected chi connectivity index (χ4v) is 2.13. The van der Waals surface area contributed by atoms with Crippen molar-refractivity contribution in [2.75, 3.05) is 0 Å². The third-order valence-electron chi connectivity index (χ3n) is 1.10. The molecule has 1 heterocycles. The Morgan fingerprint density at radius 3 is 1.93 bits per heavy atom. The normalized spacial score (nSPS) is 11.9. The van der Waals surface area contributed by atoms with Gasteiger partial charge in [0, 0.05) is 0 Å². The van der Waals surface area contributed by atoms with Gasteiger partial charge in [-0.2, -0.15) is 16.8 Å². The maximum Gasteiger partial charge on any atom is 0.315 e. The number of nitrogens with zero attached hydrogens (tertiary/aromatic N) is 3. The first-order valence-electron chi connectivity index (χ1n) is 2.86. The van der Waals surface area contributed by atoms with Gasteiger partial charge in [-0.3, -0.25) is 9.11 Å². The molecule has 0 saturated carbocycles. The molecule has 4 N–H and O–H groups in total. The van der Waals surface area contributed by atoms with Crippen LogP contribution in [0.15, 0.2) is 16.1 Å². The first kappa shape index (κ1) is 13.8. The van der Waals surface area contributed by atoms with Gasteiger partial charge in [-0.15, -0.1) is 10.2 Å². The summed E-state index contributed by atoms with van der Waals surface area (Å²) >= 11 is 0. The molecule has 1 aromatic heterocycles. The summed E-state index contributed by atoms with van der Waals surface area (Å²) in [4.78, 5) is -1.13. The SMILES string of the molecule is O.O=S(=O)(O)c1cnnnc1S(=O)(=O)O. The summed E-state index contributed by atoms with van der Waals surface area (Å²) < 4.78 is 59.3. The highest BCUT2D eigenvalue weighted by Gasteiger charge is 2.26. The van der Waals surface area contributed by atoms with Crippen LogP contribution in [0, 0.1) is 0 Å². The van der Waals surface area contributed by atoms with Crippen LogP contribution < -0.4 is 0 Å². The Balaban J connectivity index is 0.00000196. The van der Waals surface area contributed by atoms with E-state index in [9.17, 15) is 16.8 Å². The molecular weight excluding hydrogens is 254 g/mol. The van der Waals surface area contributed by atoms with Gasteiger partial charge in [-0.25, -0.2) is 0 Å². The molecule has 1 aromatic rings. The lowest BCUT2D eigenvalue weighted by Crippen LogP contribution is -2.12. The van der Waals surface area contributed by atoms with Crippen molar-refractivity contribution in [1.29, 1.82) is 0 Å². The van der Waals surface area contributed by atoms with Crippen LogP contribution in [-0.4, -0.2) is 46.8 Å². The van der Waals surface area contributed by atoms with Crippen molar-refractivity contribution in [3.8, 4) is 0 Å². The lowest BCUT2D eigenvalue weighted by molar-refractivity contribution is 0.456. The summed E-state index contributed by atoms with van der Waals surface area (Å²) in [6, 6.07) is 0. The molecule has 0 radical (unpaired) electrons. The smallest absolute Gasteiger partial charge is 0.315 e. The zero-order valence-electron chi connectivity index (χ0n) is 6.76. The fraction of sp³-hybridized carbons (Fsp3) is 0. The standard InChI is InChI=1S/C3H3N3O6S2.H2O/c7-13(8,9)2-1-4-6-5-3(2)14(10,11)12;/h1H,(H,7,8,9)(H,10,11,12);1H2. The summed E-state index contributed by atoms with van der Waals surface area (Å²) in [7, 11) is -9.69. The van der Waals surface area contributed by atoms with E-state index < -0.39 is 30.2 Å². The molecule has 10 nitrogen and oxygen atoms in total. The Hall–Kier alpha value is -1.21. The van der Waals surface area contributed by atoms with Crippen molar-refractivity contribution in [1.82, 2.24) is 15.4 Å². The first-order chi connectivity index (χ1) is 6.23. The van der Waals surface area contributed by atoms with Gasteiger partial charge in [0.15, 0.2) is 4.90 Å². The van der Waals surface area contributed by atoms with Gasteiger partial charge in [-0.1, -0.05) is 0 Å². The molecule has 0 spiro atoms. The van der Waals surface area contributed by atoms with Crippen molar-refractivity contribution in [3.05, 3.63) is 6.20 Å². The molecular formula is C3H5N3O7S2. The van der Waals surface area contributed by atoms with E-state index in [2.05, 4.69) is 15.4 Å². The van der Waals surface area contributed by atoms with Crippen molar-refractivity contribution in [2.45, 2.75) is 9.92 Å². The monoisotopic (exact) mass is 259 g/mol. The maximum atomic E-state index is 10.6. The average molecular weight is 259 g/mol. The molecule has 0 aliphatic heterocycles. The van der Waals surface area contributed by atoms with E-state index in [0.29, 0.717) is 6.20 Å². The quantitative estimate of drug-likeness (QED) is 0.544. The molecule has 0 saturated heterocycles. The summed E-state index contributed by atoms with van der Waals surface area (Å²) in [6.07, 6.45) is 0.450.